The summed E-state index contributed by atoms with van der Waals surface area (Å²) in [6.07, 6.45) is 6.30. The van der Waals surface area contributed by atoms with Crippen LogP contribution >= 0.6 is 0 Å². The van der Waals surface area contributed by atoms with Crippen LogP contribution in [0.1, 0.15) is 41.7 Å². The van der Waals surface area contributed by atoms with E-state index in [4.69, 9.17) is 0 Å². The zero-order chi connectivity index (χ0) is 13.9. The standard InChI is InChI=1S/C14H20N4O2/c19-13-7-10(8-16-13)4-5-15-14(20)11-9-17-18-6-2-1-3-12(11)18/h9-10H,1-8H2,(H,15,20)(H,16,19). The van der Waals surface area contributed by atoms with Gasteiger partial charge in [0.1, 0.15) is 0 Å². The summed E-state index contributed by atoms with van der Waals surface area (Å²) in [5, 5.41) is 10.0. The molecular weight excluding hydrogens is 256 g/mol. The van der Waals surface area contributed by atoms with Gasteiger partial charge in [-0.25, -0.2) is 0 Å². The van der Waals surface area contributed by atoms with Gasteiger partial charge in [0.15, 0.2) is 0 Å². The summed E-state index contributed by atoms with van der Waals surface area (Å²) in [5.74, 6) is 0.432. The van der Waals surface area contributed by atoms with Crippen molar-refractivity contribution < 1.29 is 9.59 Å². The van der Waals surface area contributed by atoms with Gasteiger partial charge in [0.05, 0.1) is 17.5 Å². The van der Waals surface area contributed by atoms with Gasteiger partial charge in [-0.3, -0.25) is 14.3 Å². The van der Waals surface area contributed by atoms with E-state index in [0.29, 0.717) is 24.4 Å². The molecule has 0 spiro atoms. The minimum Gasteiger partial charge on any atom is -0.356 e. The Kier molecular flexibility index (Phi) is 3.71. The van der Waals surface area contributed by atoms with E-state index in [1.54, 1.807) is 6.20 Å². The van der Waals surface area contributed by atoms with Crippen LogP contribution in [0, 0.1) is 5.92 Å². The van der Waals surface area contributed by atoms with Crippen molar-refractivity contribution in [2.75, 3.05) is 13.1 Å². The monoisotopic (exact) mass is 276 g/mol. The average molecular weight is 276 g/mol. The Bertz CT molecular complexity index is 523. The van der Waals surface area contributed by atoms with Crippen LogP contribution in [0.4, 0.5) is 0 Å². The van der Waals surface area contributed by atoms with Crippen LogP contribution in [0.25, 0.3) is 0 Å². The van der Waals surface area contributed by atoms with Gasteiger partial charge < -0.3 is 10.6 Å². The molecule has 2 amide bonds. The Morgan fingerprint density at radius 1 is 1.50 bits per heavy atom. The molecule has 1 aromatic heterocycles. The molecule has 3 heterocycles. The molecule has 1 fully saturated rings. The Morgan fingerprint density at radius 3 is 3.20 bits per heavy atom. The molecule has 1 saturated heterocycles. The summed E-state index contributed by atoms with van der Waals surface area (Å²) < 4.78 is 1.94. The first-order chi connectivity index (χ1) is 9.74. The molecule has 3 rings (SSSR count). The van der Waals surface area contributed by atoms with E-state index in [0.717, 1.165) is 44.5 Å². The Morgan fingerprint density at radius 2 is 2.40 bits per heavy atom. The van der Waals surface area contributed by atoms with Crippen molar-refractivity contribution in [3.8, 4) is 0 Å². The Hall–Kier alpha value is -1.85. The van der Waals surface area contributed by atoms with Gasteiger partial charge >= 0.3 is 0 Å². The minimum atomic E-state index is -0.0366. The average Bonchev–Trinajstić information content (AvgIpc) is 3.05. The van der Waals surface area contributed by atoms with Crippen molar-refractivity contribution in [3.05, 3.63) is 17.5 Å². The largest absolute Gasteiger partial charge is 0.356 e. The van der Waals surface area contributed by atoms with Crippen LogP contribution < -0.4 is 10.6 Å². The molecule has 108 valence electrons. The molecule has 20 heavy (non-hydrogen) atoms. The second-order valence-electron chi connectivity index (χ2n) is 5.60. The van der Waals surface area contributed by atoms with Crippen molar-refractivity contribution in [3.63, 3.8) is 0 Å². The highest BCUT2D eigenvalue weighted by atomic mass is 16.2. The molecule has 6 heteroatoms. The van der Waals surface area contributed by atoms with E-state index >= 15 is 0 Å². The van der Waals surface area contributed by atoms with E-state index in [1.807, 2.05) is 4.68 Å². The van der Waals surface area contributed by atoms with Crippen LogP contribution in [0.15, 0.2) is 6.20 Å². The molecule has 0 aliphatic carbocycles. The van der Waals surface area contributed by atoms with Gasteiger partial charge in [0, 0.05) is 26.1 Å². The zero-order valence-corrected chi connectivity index (χ0v) is 11.5. The molecule has 1 atom stereocenters. The van der Waals surface area contributed by atoms with E-state index in [2.05, 4.69) is 15.7 Å². The van der Waals surface area contributed by atoms with Crippen molar-refractivity contribution in [2.45, 2.75) is 38.6 Å². The third-order valence-electron chi connectivity index (χ3n) is 4.13. The molecule has 2 aliphatic rings. The lowest BCUT2D eigenvalue weighted by Gasteiger charge is -2.14. The fourth-order valence-corrected chi connectivity index (χ4v) is 2.96. The lowest BCUT2D eigenvalue weighted by atomic mass is 10.0. The molecule has 6 nitrogen and oxygen atoms in total. The topological polar surface area (TPSA) is 76.0 Å². The fourth-order valence-electron chi connectivity index (χ4n) is 2.96. The van der Waals surface area contributed by atoms with Crippen LogP contribution in [-0.4, -0.2) is 34.7 Å². The maximum atomic E-state index is 12.2. The summed E-state index contributed by atoms with van der Waals surface area (Å²) in [5.41, 5.74) is 1.77. The number of rotatable bonds is 4. The lowest BCUT2D eigenvalue weighted by Crippen LogP contribution is -2.27. The molecular formula is C14H20N4O2. The predicted molar refractivity (Wildman–Crippen MR) is 73.2 cm³/mol. The molecule has 0 radical (unpaired) electrons. The number of hydrogen-bond donors (Lipinski definition) is 2. The number of carbonyl (C=O) groups excluding carboxylic acids is 2. The van der Waals surface area contributed by atoms with Crippen molar-refractivity contribution in [1.29, 1.82) is 0 Å². The first kappa shape index (κ1) is 13.1. The van der Waals surface area contributed by atoms with Gasteiger partial charge in [-0.05, 0) is 31.6 Å². The maximum absolute atomic E-state index is 12.2. The number of aromatic nitrogens is 2. The summed E-state index contributed by atoms with van der Waals surface area (Å²) in [6.45, 7) is 2.26. The van der Waals surface area contributed by atoms with Gasteiger partial charge in [-0.15, -0.1) is 0 Å². The third-order valence-corrected chi connectivity index (χ3v) is 4.13. The van der Waals surface area contributed by atoms with Crippen LogP contribution in [0.5, 0.6) is 0 Å². The number of aryl methyl sites for hydroxylation is 1. The molecule has 0 saturated carbocycles. The fraction of sp³-hybridized carbons (Fsp3) is 0.643. The van der Waals surface area contributed by atoms with Gasteiger partial charge in [0.2, 0.25) is 5.91 Å². The highest BCUT2D eigenvalue weighted by Gasteiger charge is 2.22. The molecule has 0 aromatic carbocycles. The quantitative estimate of drug-likeness (QED) is 0.839. The SMILES string of the molecule is O=C1CC(CCNC(=O)c2cnn3c2CCCC3)CN1. The van der Waals surface area contributed by atoms with E-state index in [1.165, 1.54) is 0 Å². The lowest BCUT2D eigenvalue weighted by molar-refractivity contribution is -0.119. The van der Waals surface area contributed by atoms with Crippen molar-refractivity contribution in [2.24, 2.45) is 5.92 Å². The summed E-state index contributed by atoms with van der Waals surface area (Å²) in [6, 6.07) is 0. The summed E-state index contributed by atoms with van der Waals surface area (Å²) in [4.78, 5) is 23.3. The van der Waals surface area contributed by atoms with Crippen LogP contribution in [-0.2, 0) is 17.8 Å². The number of fused-ring (bicyclic) bond motifs is 1. The molecule has 0 bridgehead atoms. The number of hydrogen-bond acceptors (Lipinski definition) is 3. The molecule has 2 aliphatic heterocycles. The van der Waals surface area contributed by atoms with E-state index in [-0.39, 0.29) is 11.8 Å². The number of nitrogens with one attached hydrogen (secondary N) is 2. The van der Waals surface area contributed by atoms with E-state index in [9.17, 15) is 9.59 Å². The maximum Gasteiger partial charge on any atom is 0.254 e. The van der Waals surface area contributed by atoms with Crippen molar-refractivity contribution >= 4 is 11.8 Å². The summed E-state index contributed by atoms with van der Waals surface area (Å²) in [7, 11) is 0. The first-order valence-electron chi connectivity index (χ1n) is 7.33. The van der Waals surface area contributed by atoms with Gasteiger partial charge in [-0.1, -0.05) is 0 Å². The molecule has 1 unspecified atom stereocenters. The Balaban J connectivity index is 1.52. The van der Waals surface area contributed by atoms with Gasteiger partial charge in [0.25, 0.3) is 5.91 Å². The molecule has 1 aromatic rings. The van der Waals surface area contributed by atoms with Crippen molar-refractivity contribution in [1.82, 2.24) is 20.4 Å². The second-order valence-corrected chi connectivity index (χ2v) is 5.60. The van der Waals surface area contributed by atoms with Crippen LogP contribution in [0.3, 0.4) is 0 Å². The number of nitrogens with zero attached hydrogens (tertiary/aromatic N) is 2. The first-order valence-corrected chi connectivity index (χ1v) is 7.33. The minimum absolute atomic E-state index is 0.0366. The van der Waals surface area contributed by atoms with Crippen LogP contribution in [0.2, 0.25) is 0 Å². The highest BCUT2D eigenvalue weighted by Crippen LogP contribution is 2.18. The molecule has 2 N–H and O–H groups in total. The zero-order valence-electron chi connectivity index (χ0n) is 11.5. The number of carbonyl (C=O) groups is 2. The van der Waals surface area contributed by atoms with Gasteiger partial charge in [-0.2, -0.15) is 5.10 Å². The van der Waals surface area contributed by atoms with E-state index < -0.39 is 0 Å². The Labute approximate surface area is 117 Å². The smallest absolute Gasteiger partial charge is 0.254 e. The summed E-state index contributed by atoms with van der Waals surface area (Å²) >= 11 is 0. The second kappa shape index (κ2) is 5.64. The normalized spacial score (nSPS) is 21.4. The predicted octanol–water partition coefficient (Wildman–Crippen LogP) is 0.475. The highest BCUT2D eigenvalue weighted by molar-refractivity contribution is 5.95. The number of amides is 2. The third kappa shape index (κ3) is 2.69.